The SMILES string of the molecule is COCCNCc1cc(C)ccc1OCc1ncccn1. The molecule has 0 aliphatic rings. The molecule has 1 heterocycles. The van der Waals surface area contributed by atoms with Gasteiger partial charge in [0, 0.05) is 38.2 Å². The van der Waals surface area contributed by atoms with E-state index < -0.39 is 0 Å². The molecular weight excluding hydrogens is 266 g/mol. The zero-order chi connectivity index (χ0) is 14.9. The van der Waals surface area contributed by atoms with Crippen LogP contribution >= 0.6 is 0 Å². The molecule has 1 aromatic heterocycles. The molecule has 0 atom stereocenters. The van der Waals surface area contributed by atoms with Gasteiger partial charge >= 0.3 is 0 Å². The quantitative estimate of drug-likeness (QED) is 0.754. The predicted molar refractivity (Wildman–Crippen MR) is 81.1 cm³/mol. The lowest BCUT2D eigenvalue weighted by Crippen LogP contribution is -2.19. The molecule has 0 fully saturated rings. The highest BCUT2D eigenvalue weighted by atomic mass is 16.5. The maximum absolute atomic E-state index is 5.84. The van der Waals surface area contributed by atoms with Crippen LogP contribution in [0.25, 0.3) is 0 Å². The summed E-state index contributed by atoms with van der Waals surface area (Å²) >= 11 is 0. The first-order chi connectivity index (χ1) is 10.3. The van der Waals surface area contributed by atoms with Gasteiger partial charge in [-0.2, -0.15) is 0 Å². The van der Waals surface area contributed by atoms with Crippen LogP contribution in [0.5, 0.6) is 5.75 Å². The van der Waals surface area contributed by atoms with E-state index in [1.807, 2.05) is 12.1 Å². The van der Waals surface area contributed by atoms with E-state index in [0.29, 0.717) is 19.0 Å². The molecule has 0 saturated carbocycles. The van der Waals surface area contributed by atoms with Crippen molar-refractivity contribution in [2.75, 3.05) is 20.3 Å². The average Bonchev–Trinajstić information content (AvgIpc) is 2.52. The topological polar surface area (TPSA) is 56.3 Å². The van der Waals surface area contributed by atoms with Crippen molar-refractivity contribution < 1.29 is 9.47 Å². The van der Waals surface area contributed by atoms with Gasteiger partial charge in [0.05, 0.1) is 6.61 Å². The first kappa shape index (κ1) is 15.4. The Kier molecular flexibility index (Phi) is 6.12. The first-order valence-corrected chi connectivity index (χ1v) is 6.97. The third kappa shape index (κ3) is 5.13. The second kappa shape index (κ2) is 8.34. The molecule has 1 N–H and O–H groups in total. The van der Waals surface area contributed by atoms with E-state index in [1.54, 1.807) is 25.6 Å². The van der Waals surface area contributed by atoms with E-state index in [2.05, 4.69) is 28.3 Å². The number of nitrogens with zero attached hydrogens (tertiary/aromatic N) is 2. The van der Waals surface area contributed by atoms with Gasteiger partial charge in [0.15, 0.2) is 5.82 Å². The Morgan fingerprint density at radius 1 is 1.19 bits per heavy atom. The monoisotopic (exact) mass is 287 g/mol. The minimum absolute atomic E-state index is 0.370. The highest BCUT2D eigenvalue weighted by molar-refractivity contribution is 5.36. The minimum atomic E-state index is 0.370. The second-order valence-electron chi connectivity index (χ2n) is 4.73. The van der Waals surface area contributed by atoms with Crippen molar-refractivity contribution in [2.24, 2.45) is 0 Å². The number of aromatic nitrogens is 2. The summed E-state index contributed by atoms with van der Waals surface area (Å²) in [6, 6.07) is 7.95. The van der Waals surface area contributed by atoms with Gasteiger partial charge in [-0.15, -0.1) is 0 Å². The normalized spacial score (nSPS) is 10.6. The number of hydrogen-bond acceptors (Lipinski definition) is 5. The van der Waals surface area contributed by atoms with Crippen LogP contribution in [0.4, 0.5) is 0 Å². The fourth-order valence-corrected chi connectivity index (χ4v) is 1.93. The van der Waals surface area contributed by atoms with Gasteiger partial charge in [-0.05, 0) is 19.1 Å². The van der Waals surface area contributed by atoms with Crippen molar-refractivity contribution in [2.45, 2.75) is 20.1 Å². The molecule has 1 aromatic carbocycles. The van der Waals surface area contributed by atoms with Gasteiger partial charge in [-0.1, -0.05) is 17.7 Å². The largest absolute Gasteiger partial charge is 0.485 e. The van der Waals surface area contributed by atoms with Crippen LogP contribution in [-0.2, 0) is 17.9 Å². The molecule has 112 valence electrons. The Bertz CT molecular complexity index is 546. The number of hydrogen-bond donors (Lipinski definition) is 1. The Balaban J connectivity index is 1.97. The van der Waals surface area contributed by atoms with E-state index in [9.17, 15) is 0 Å². The molecule has 5 nitrogen and oxygen atoms in total. The van der Waals surface area contributed by atoms with Gasteiger partial charge in [-0.3, -0.25) is 0 Å². The third-order valence-electron chi connectivity index (χ3n) is 2.99. The van der Waals surface area contributed by atoms with Crippen LogP contribution in [0.1, 0.15) is 17.0 Å². The highest BCUT2D eigenvalue weighted by Crippen LogP contribution is 2.20. The molecule has 0 unspecified atom stereocenters. The summed E-state index contributed by atoms with van der Waals surface area (Å²) in [5.74, 6) is 1.54. The molecule has 21 heavy (non-hydrogen) atoms. The summed E-state index contributed by atoms with van der Waals surface area (Å²) in [7, 11) is 1.70. The molecule has 2 rings (SSSR count). The van der Waals surface area contributed by atoms with E-state index in [1.165, 1.54) is 5.56 Å². The van der Waals surface area contributed by atoms with Gasteiger partial charge in [0.2, 0.25) is 0 Å². The summed E-state index contributed by atoms with van der Waals surface area (Å²) in [6.45, 7) is 4.69. The Hall–Kier alpha value is -1.98. The summed E-state index contributed by atoms with van der Waals surface area (Å²) in [5.41, 5.74) is 2.34. The van der Waals surface area contributed by atoms with E-state index in [0.717, 1.165) is 24.4 Å². The zero-order valence-electron chi connectivity index (χ0n) is 12.5. The van der Waals surface area contributed by atoms with Crippen molar-refractivity contribution in [3.05, 3.63) is 53.6 Å². The summed E-state index contributed by atoms with van der Waals surface area (Å²) in [5, 5.41) is 3.33. The number of benzene rings is 1. The summed E-state index contributed by atoms with van der Waals surface area (Å²) < 4.78 is 10.9. The Morgan fingerprint density at radius 2 is 2.00 bits per heavy atom. The lowest BCUT2D eigenvalue weighted by atomic mass is 10.1. The fourth-order valence-electron chi connectivity index (χ4n) is 1.93. The second-order valence-corrected chi connectivity index (χ2v) is 4.73. The molecule has 0 spiro atoms. The minimum Gasteiger partial charge on any atom is -0.485 e. The van der Waals surface area contributed by atoms with Crippen LogP contribution in [0, 0.1) is 6.92 Å². The van der Waals surface area contributed by atoms with Crippen LogP contribution in [0.2, 0.25) is 0 Å². The maximum Gasteiger partial charge on any atom is 0.166 e. The Labute approximate surface area is 125 Å². The molecule has 0 saturated heterocycles. The highest BCUT2D eigenvalue weighted by Gasteiger charge is 2.05. The fraction of sp³-hybridized carbons (Fsp3) is 0.375. The summed E-state index contributed by atoms with van der Waals surface area (Å²) in [4.78, 5) is 8.32. The molecule has 0 aliphatic heterocycles. The Morgan fingerprint density at radius 3 is 2.76 bits per heavy atom. The van der Waals surface area contributed by atoms with Crippen molar-refractivity contribution in [3.8, 4) is 5.75 Å². The smallest absolute Gasteiger partial charge is 0.166 e. The molecule has 0 radical (unpaired) electrons. The van der Waals surface area contributed by atoms with E-state index in [-0.39, 0.29) is 0 Å². The lowest BCUT2D eigenvalue weighted by molar-refractivity contribution is 0.199. The molecule has 5 heteroatoms. The number of aryl methyl sites for hydroxylation is 1. The van der Waals surface area contributed by atoms with Gasteiger partial charge < -0.3 is 14.8 Å². The third-order valence-corrected chi connectivity index (χ3v) is 2.99. The zero-order valence-corrected chi connectivity index (χ0v) is 12.5. The van der Waals surface area contributed by atoms with Gasteiger partial charge in [0.1, 0.15) is 12.4 Å². The average molecular weight is 287 g/mol. The lowest BCUT2D eigenvalue weighted by Gasteiger charge is -2.12. The molecule has 0 bridgehead atoms. The van der Waals surface area contributed by atoms with E-state index in [4.69, 9.17) is 9.47 Å². The van der Waals surface area contributed by atoms with Crippen molar-refractivity contribution in [3.63, 3.8) is 0 Å². The number of rotatable bonds is 8. The number of ether oxygens (including phenoxy) is 2. The van der Waals surface area contributed by atoms with Crippen LogP contribution < -0.4 is 10.1 Å². The number of methoxy groups -OCH3 is 1. The van der Waals surface area contributed by atoms with E-state index >= 15 is 0 Å². The molecule has 0 amide bonds. The standard InChI is InChI=1S/C16H21N3O2/c1-13-4-5-15(14(10-13)11-17-8-9-20-2)21-12-16-18-6-3-7-19-16/h3-7,10,17H,8-9,11-12H2,1-2H3. The van der Waals surface area contributed by atoms with Crippen LogP contribution in [0.3, 0.4) is 0 Å². The van der Waals surface area contributed by atoms with Crippen molar-refractivity contribution >= 4 is 0 Å². The van der Waals surface area contributed by atoms with Gasteiger partial charge in [-0.25, -0.2) is 9.97 Å². The molecule has 0 aliphatic carbocycles. The predicted octanol–water partition coefficient (Wildman–Crippen LogP) is 2.10. The van der Waals surface area contributed by atoms with Gasteiger partial charge in [0.25, 0.3) is 0 Å². The molecule has 2 aromatic rings. The summed E-state index contributed by atoms with van der Waals surface area (Å²) in [6.07, 6.45) is 3.43. The van der Waals surface area contributed by atoms with Crippen molar-refractivity contribution in [1.82, 2.24) is 15.3 Å². The first-order valence-electron chi connectivity index (χ1n) is 6.97. The number of nitrogens with one attached hydrogen (secondary N) is 1. The van der Waals surface area contributed by atoms with Crippen LogP contribution in [-0.4, -0.2) is 30.2 Å². The maximum atomic E-state index is 5.84. The van der Waals surface area contributed by atoms with Crippen molar-refractivity contribution in [1.29, 1.82) is 0 Å². The van der Waals surface area contributed by atoms with Crippen LogP contribution in [0.15, 0.2) is 36.7 Å². The molecular formula is C16H21N3O2.